The molecule has 0 amide bonds. The molecule has 0 saturated heterocycles. The Hall–Kier alpha value is -1.35. The number of nitrogens with zero attached hydrogens (tertiary/aromatic N) is 2. The second-order valence-electron chi connectivity index (χ2n) is 3.20. The molecule has 0 bridgehead atoms. The van der Waals surface area contributed by atoms with Crippen molar-refractivity contribution in [1.82, 2.24) is 9.97 Å². The molecule has 0 aliphatic rings. The van der Waals surface area contributed by atoms with E-state index in [1.165, 1.54) is 5.56 Å². The van der Waals surface area contributed by atoms with E-state index in [0.717, 1.165) is 5.16 Å². The molecule has 2 rings (SSSR count). The molecule has 0 aliphatic heterocycles. The number of aromatic nitrogens is 2. The largest absolute Gasteiger partial charge is 0.231 e. The molecule has 2 aromatic rings. The van der Waals surface area contributed by atoms with Crippen LogP contribution in [-0.4, -0.2) is 9.97 Å². The van der Waals surface area contributed by atoms with Gasteiger partial charge in [-0.2, -0.15) is 0 Å². The van der Waals surface area contributed by atoms with Crippen molar-refractivity contribution in [2.75, 3.05) is 0 Å². The van der Waals surface area contributed by atoms with Crippen LogP contribution in [0.3, 0.4) is 0 Å². The van der Waals surface area contributed by atoms with Crippen LogP contribution in [0, 0.1) is 0 Å². The third kappa shape index (κ3) is 2.80. The van der Waals surface area contributed by atoms with E-state index in [1.807, 2.05) is 12.1 Å². The van der Waals surface area contributed by atoms with Crippen molar-refractivity contribution in [1.29, 1.82) is 0 Å². The Morgan fingerprint density at radius 1 is 1.00 bits per heavy atom. The maximum absolute atomic E-state index is 4.20. The Balaban J connectivity index is 2.08. The molecule has 15 heavy (non-hydrogen) atoms. The third-order valence-electron chi connectivity index (χ3n) is 2.09. The molecule has 0 aliphatic carbocycles. The fourth-order valence-corrected chi connectivity index (χ4v) is 2.15. The van der Waals surface area contributed by atoms with E-state index in [0.29, 0.717) is 5.25 Å². The predicted octanol–water partition coefficient (Wildman–Crippen LogP) is 3.33. The maximum atomic E-state index is 4.20. The van der Waals surface area contributed by atoms with Gasteiger partial charge in [0.1, 0.15) is 0 Å². The van der Waals surface area contributed by atoms with Crippen LogP contribution < -0.4 is 0 Å². The summed E-state index contributed by atoms with van der Waals surface area (Å²) < 4.78 is 0. The molecule has 2 nitrogen and oxygen atoms in total. The molecule has 0 fully saturated rings. The standard InChI is InChI=1S/C12H12N2S/c1-10(11-6-3-2-4-7-11)15-12-13-8-5-9-14-12/h2-10H,1H3. The second kappa shape index (κ2) is 4.94. The highest BCUT2D eigenvalue weighted by atomic mass is 32.2. The summed E-state index contributed by atoms with van der Waals surface area (Å²) in [5.74, 6) is 0. The van der Waals surface area contributed by atoms with Crippen LogP contribution in [0.5, 0.6) is 0 Å². The predicted molar refractivity (Wildman–Crippen MR) is 62.7 cm³/mol. The second-order valence-corrected chi connectivity index (χ2v) is 4.51. The first-order valence-electron chi connectivity index (χ1n) is 4.85. The number of rotatable bonds is 3. The zero-order chi connectivity index (χ0) is 10.5. The van der Waals surface area contributed by atoms with Crippen LogP contribution in [0.2, 0.25) is 0 Å². The summed E-state index contributed by atoms with van der Waals surface area (Å²) in [6.07, 6.45) is 3.54. The molecule has 1 aromatic carbocycles. The smallest absolute Gasteiger partial charge is 0.188 e. The maximum Gasteiger partial charge on any atom is 0.188 e. The Labute approximate surface area is 93.8 Å². The van der Waals surface area contributed by atoms with Gasteiger partial charge in [0, 0.05) is 17.6 Å². The molecule has 0 spiro atoms. The van der Waals surface area contributed by atoms with E-state index < -0.39 is 0 Å². The van der Waals surface area contributed by atoms with Gasteiger partial charge in [0.2, 0.25) is 0 Å². The summed E-state index contributed by atoms with van der Waals surface area (Å²) in [6, 6.07) is 12.2. The lowest BCUT2D eigenvalue weighted by atomic mass is 10.2. The Morgan fingerprint density at radius 3 is 2.33 bits per heavy atom. The van der Waals surface area contributed by atoms with Crippen molar-refractivity contribution in [3.05, 3.63) is 54.4 Å². The lowest BCUT2D eigenvalue weighted by Gasteiger charge is -2.09. The Bertz CT molecular complexity index is 402. The van der Waals surface area contributed by atoms with Crippen molar-refractivity contribution in [2.24, 2.45) is 0 Å². The van der Waals surface area contributed by atoms with Gasteiger partial charge < -0.3 is 0 Å². The quantitative estimate of drug-likeness (QED) is 0.581. The molecule has 76 valence electrons. The number of thioether (sulfide) groups is 1. The summed E-state index contributed by atoms with van der Waals surface area (Å²) in [6.45, 7) is 2.16. The van der Waals surface area contributed by atoms with Gasteiger partial charge in [-0.25, -0.2) is 9.97 Å². The average molecular weight is 216 g/mol. The van der Waals surface area contributed by atoms with E-state index in [-0.39, 0.29) is 0 Å². The summed E-state index contributed by atoms with van der Waals surface area (Å²) >= 11 is 1.67. The number of hydrogen-bond donors (Lipinski definition) is 0. The molecule has 0 saturated carbocycles. The van der Waals surface area contributed by atoms with Gasteiger partial charge in [-0.05, 0) is 18.6 Å². The van der Waals surface area contributed by atoms with E-state index in [9.17, 15) is 0 Å². The number of hydrogen-bond acceptors (Lipinski definition) is 3. The minimum absolute atomic E-state index is 0.383. The van der Waals surface area contributed by atoms with Crippen molar-refractivity contribution >= 4 is 11.8 Å². The molecule has 0 radical (unpaired) electrons. The van der Waals surface area contributed by atoms with Crippen LogP contribution in [0.25, 0.3) is 0 Å². The minimum atomic E-state index is 0.383. The molecule has 1 unspecified atom stereocenters. The SMILES string of the molecule is CC(Sc1ncccn1)c1ccccc1. The fourth-order valence-electron chi connectivity index (χ4n) is 1.30. The summed E-state index contributed by atoms with van der Waals surface area (Å²) in [4.78, 5) is 8.39. The van der Waals surface area contributed by atoms with Crippen molar-refractivity contribution in [3.8, 4) is 0 Å². The van der Waals surface area contributed by atoms with Gasteiger partial charge in [-0.15, -0.1) is 0 Å². The van der Waals surface area contributed by atoms with Crippen molar-refractivity contribution in [2.45, 2.75) is 17.3 Å². The van der Waals surface area contributed by atoms with Gasteiger partial charge in [0.05, 0.1) is 0 Å². The van der Waals surface area contributed by atoms with Crippen LogP contribution >= 0.6 is 11.8 Å². The zero-order valence-corrected chi connectivity index (χ0v) is 9.32. The minimum Gasteiger partial charge on any atom is -0.231 e. The van der Waals surface area contributed by atoms with E-state index in [1.54, 1.807) is 24.2 Å². The van der Waals surface area contributed by atoms with Crippen molar-refractivity contribution < 1.29 is 0 Å². The zero-order valence-electron chi connectivity index (χ0n) is 8.50. The number of benzene rings is 1. The molecule has 0 N–H and O–H groups in total. The first-order chi connectivity index (χ1) is 7.36. The highest BCUT2D eigenvalue weighted by molar-refractivity contribution is 7.99. The van der Waals surface area contributed by atoms with E-state index in [2.05, 4.69) is 41.2 Å². The summed E-state index contributed by atoms with van der Waals surface area (Å²) in [5.41, 5.74) is 1.30. The Morgan fingerprint density at radius 2 is 1.67 bits per heavy atom. The van der Waals surface area contributed by atoms with Crippen molar-refractivity contribution in [3.63, 3.8) is 0 Å². The first-order valence-corrected chi connectivity index (χ1v) is 5.73. The lowest BCUT2D eigenvalue weighted by molar-refractivity contribution is 0.952. The van der Waals surface area contributed by atoms with Gasteiger partial charge >= 0.3 is 0 Å². The molecule has 1 aromatic heterocycles. The lowest BCUT2D eigenvalue weighted by Crippen LogP contribution is -1.90. The van der Waals surface area contributed by atoms with Gasteiger partial charge in [0.15, 0.2) is 5.16 Å². The highest BCUT2D eigenvalue weighted by Gasteiger charge is 2.07. The fraction of sp³-hybridized carbons (Fsp3) is 0.167. The van der Waals surface area contributed by atoms with Crippen LogP contribution in [0.1, 0.15) is 17.7 Å². The van der Waals surface area contributed by atoms with Gasteiger partial charge in [-0.3, -0.25) is 0 Å². The summed E-state index contributed by atoms with van der Waals surface area (Å²) in [5, 5.41) is 1.21. The van der Waals surface area contributed by atoms with Crippen LogP contribution in [0.4, 0.5) is 0 Å². The molecule has 1 heterocycles. The molecular weight excluding hydrogens is 204 g/mol. The van der Waals surface area contributed by atoms with Crippen LogP contribution in [-0.2, 0) is 0 Å². The summed E-state index contributed by atoms with van der Waals surface area (Å²) in [7, 11) is 0. The van der Waals surface area contributed by atoms with E-state index >= 15 is 0 Å². The molecule has 3 heteroatoms. The normalized spacial score (nSPS) is 12.3. The molecule has 1 atom stereocenters. The Kier molecular flexibility index (Phi) is 3.35. The first kappa shape index (κ1) is 10.2. The van der Waals surface area contributed by atoms with Crippen LogP contribution in [0.15, 0.2) is 53.9 Å². The topological polar surface area (TPSA) is 25.8 Å². The highest BCUT2D eigenvalue weighted by Crippen LogP contribution is 2.31. The average Bonchev–Trinajstić information content (AvgIpc) is 2.31. The van der Waals surface area contributed by atoms with Gasteiger partial charge in [0.25, 0.3) is 0 Å². The third-order valence-corrected chi connectivity index (χ3v) is 3.14. The van der Waals surface area contributed by atoms with Gasteiger partial charge in [-0.1, -0.05) is 42.1 Å². The van der Waals surface area contributed by atoms with E-state index in [4.69, 9.17) is 0 Å². The molecular formula is C12H12N2S. The monoisotopic (exact) mass is 216 g/mol.